The summed E-state index contributed by atoms with van der Waals surface area (Å²) in [4.78, 5) is 18.8. The van der Waals surface area contributed by atoms with E-state index in [-0.39, 0.29) is 5.91 Å². The molecule has 0 radical (unpaired) electrons. The van der Waals surface area contributed by atoms with Gasteiger partial charge in [0.2, 0.25) is 0 Å². The maximum atomic E-state index is 12.6. The number of thiocarbonyl (C=S) groups is 1. The van der Waals surface area contributed by atoms with Crippen LogP contribution < -0.4 is 9.64 Å². The third kappa shape index (κ3) is 2.88. The van der Waals surface area contributed by atoms with Gasteiger partial charge in [-0.1, -0.05) is 36.1 Å². The first-order valence-electron chi connectivity index (χ1n) is 6.51. The van der Waals surface area contributed by atoms with E-state index < -0.39 is 0 Å². The Kier molecular flexibility index (Phi) is 4.22. The second-order valence-corrected chi connectivity index (χ2v) is 6.18. The van der Waals surface area contributed by atoms with Crippen LogP contribution in [0.5, 0.6) is 5.75 Å². The van der Waals surface area contributed by atoms with E-state index in [0.717, 1.165) is 5.56 Å². The van der Waals surface area contributed by atoms with Crippen molar-refractivity contribution in [2.45, 2.75) is 0 Å². The molecule has 1 aliphatic heterocycles. The smallest absolute Gasteiger partial charge is 0.270 e. The zero-order valence-electron chi connectivity index (χ0n) is 11.7. The molecule has 0 N–H and O–H groups in total. The average molecular weight is 328 g/mol. The van der Waals surface area contributed by atoms with Crippen LogP contribution in [0.4, 0.5) is 5.69 Å². The second kappa shape index (κ2) is 6.29. The Balaban J connectivity index is 1.93. The fourth-order valence-corrected chi connectivity index (χ4v) is 3.35. The average Bonchev–Trinajstić information content (AvgIpc) is 2.82. The van der Waals surface area contributed by atoms with Crippen LogP contribution in [0.3, 0.4) is 0 Å². The highest BCUT2D eigenvalue weighted by molar-refractivity contribution is 8.27. The molecule has 6 heteroatoms. The molecule has 1 amide bonds. The van der Waals surface area contributed by atoms with Crippen LogP contribution in [0, 0.1) is 0 Å². The van der Waals surface area contributed by atoms with Crippen LogP contribution in [0.2, 0.25) is 0 Å². The molecular formula is C16H12N2O2S2. The van der Waals surface area contributed by atoms with Crippen molar-refractivity contribution in [2.75, 3.05) is 12.0 Å². The van der Waals surface area contributed by atoms with Gasteiger partial charge in [0.05, 0.1) is 17.7 Å². The Bertz CT molecular complexity index is 760. The largest absolute Gasteiger partial charge is 0.497 e. The molecule has 1 saturated heterocycles. The van der Waals surface area contributed by atoms with Crippen LogP contribution in [-0.4, -0.2) is 22.3 Å². The minimum atomic E-state index is -0.132. The van der Waals surface area contributed by atoms with E-state index in [1.165, 1.54) is 16.7 Å². The Hall–Kier alpha value is -2.18. The highest BCUT2D eigenvalue weighted by Gasteiger charge is 2.33. The molecule has 1 aromatic heterocycles. The summed E-state index contributed by atoms with van der Waals surface area (Å²) in [5.74, 6) is 0.551. The van der Waals surface area contributed by atoms with Crippen LogP contribution in [0.25, 0.3) is 6.08 Å². The Morgan fingerprint density at radius 2 is 2.18 bits per heavy atom. The fourth-order valence-electron chi connectivity index (χ4n) is 2.05. The van der Waals surface area contributed by atoms with Gasteiger partial charge in [-0.15, -0.1) is 0 Å². The Labute approximate surface area is 137 Å². The van der Waals surface area contributed by atoms with Crippen molar-refractivity contribution in [1.82, 2.24) is 4.98 Å². The van der Waals surface area contributed by atoms with E-state index in [0.29, 0.717) is 20.7 Å². The predicted octanol–water partition coefficient (Wildman–Crippen LogP) is 3.50. The summed E-state index contributed by atoms with van der Waals surface area (Å²) in [6.07, 6.45) is 5.20. The van der Waals surface area contributed by atoms with Crippen molar-refractivity contribution in [3.8, 4) is 5.75 Å². The fraction of sp³-hybridized carbons (Fsp3) is 0.0625. The molecule has 1 aliphatic rings. The van der Waals surface area contributed by atoms with E-state index in [9.17, 15) is 4.79 Å². The molecule has 0 saturated carbocycles. The minimum Gasteiger partial charge on any atom is -0.497 e. The lowest BCUT2D eigenvalue weighted by Gasteiger charge is -2.15. The maximum Gasteiger partial charge on any atom is 0.270 e. The summed E-state index contributed by atoms with van der Waals surface area (Å²) in [6.45, 7) is 0. The molecule has 0 unspecified atom stereocenters. The van der Waals surface area contributed by atoms with Crippen molar-refractivity contribution in [3.63, 3.8) is 0 Å². The highest BCUT2D eigenvalue weighted by Crippen LogP contribution is 2.36. The van der Waals surface area contributed by atoms with Gasteiger partial charge < -0.3 is 4.74 Å². The van der Waals surface area contributed by atoms with Gasteiger partial charge in [0.25, 0.3) is 5.91 Å². The number of anilines is 1. The second-order valence-electron chi connectivity index (χ2n) is 4.50. The number of nitrogens with zero attached hydrogens (tertiary/aromatic N) is 2. The van der Waals surface area contributed by atoms with Crippen molar-refractivity contribution < 1.29 is 9.53 Å². The number of carbonyl (C=O) groups excluding carboxylic acids is 1. The van der Waals surface area contributed by atoms with E-state index in [1.54, 1.807) is 31.6 Å². The third-order valence-electron chi connectivity index (χ3n) is 3.09. The number of ether oxygens (including phenoxy) is 1. The molecule has 0 bridgehead atoms. The maximum absolute atomic E-state index is 12.6. The van der Waals surface area contributed by atoms with E-state index in [1.807, 2.05) is 30.3 Å². The van der Waals surface area contributed by atoms with Gasteiger partial charge in [0, 0.05) is 18.5 Å². The summed E-state index contributed by atoms with van der Waals surface area (Å²) in [7, 11) is 1.59. The number of amides is 1. The van der Waals surface area contributed by atoms with Gasteiger partial charge in [-0.3, -0.25) is 14.7 Å². The van der Waals surface area contributed by atoms with Gasteiger partial charge in [-0.2, -0.15) is 0 Å². The van der Waals surface area contributed by atoms with Crippen molar-refractivity contribution in [3.05, 3.63) is 59.3 Å². The standard InChI is InChI=1S/C16H12N2O2S2/c1-20-13-6-2-5-12(9-13)18-15(19)14(22-16(18)21)8-11-4-3-7-17-10-11/h2-10H,1H3/b14-8-. The molecule has 1 fully saturated rings. The number of thioether (sulfide) groups is 1. The lowest BCUT2D eigenvalue weighted by molar-refractivity contribution is -0.113. The molecule has 2 heterocycles. The van der Waals surface area contributed by atoms with Crippen LogP contribution in [0.15, 0.2) is 53.7 Å². The number of pyridine rings is 1. The molecule has 4 nitrogen and oxygen atoms in total. The van der Waals surface area contributed by atoms with Gasteiger partial charge in [-0.05, 0) is 29.8 Å². The summed E-state index contributed by atoms with van der Waals surface area (Å²) in [6, 6.07) is 11.0. The highest BCUT2D eigenvalue weighted by atomic mass is 32.2. The lowest BCUT2D eigenvalue weighted by atomic mass is 10.2. The molecule has 110 valence electrons. The summed E-state index contributed by atoms with van der Waals surface area (Å²) in [5, 5.41) is 0. The van der Waals surface area contributed by atoms with Crippen LogP contribution in [-0.2, 0) is 4.79 Å². The number of hydrogen-bond acceptors (Lipinski definition) is 5. The molecule has 22 heavy (non-hydrogen) atoms. The van der Waals surface area contributed by atoms with E-state index in [4.69, 9.17) is 17.0 Å². The SMILES string of the molecule is COc1cccc(N2C(=O)/C(=C/c3cccnc3)SC2=S)c1. The number of aromatic nitrogens is 1. The number of hydrogen-bond donors (Lipinski definition) is 0. The van der Waals surface area contributed by atoms with E-state index >= 15 is 0 Å². The molecule has 0 aliphatic carbocycles. The van der Waals surface area contributed by atoms with E-state index in [2.05, 4.69) is 4.98 Å². The first-order valence-corrected chi connectivity index (χ1v) is 7.73. The zero-order chi connectivity index (χ0) is 15.5. The Morgan fingerprint density at radius 3 is 2.91 bits per heavy atom. The zero-order valence-corrected chi connectivity index (χ0v) is 13.4. The van der Waals surface area contributed by atoms with Crippen LogP contribution in [0.1, 0.15) is 5.56 Å². The summed E-state index contributed by atoms with van der Waals surface area (Å²) in [5.41, 5.74) is 1.57. The van der Waals surface area contributed by atoms with Crippen LogP contribution >= 0.6 is 24.0 Å². The molecule has 1 aromatic carbocycles. The summed E-state index contributed by atoms with van der Waals surface area (Å²) >= 11 is 6.63. The minimum absolute atomic E-state index is 0.132. The third-order valence-corrected chi connectivity index (χ3v) is 4.39. The van der Waals surface area contributed by atoms with Crippen molar-refractivity contribution in [2.24, 2.45) is 0 Å². The molecular weight excluding hydrogens is 316 g/mol. The topological polar surface area (TPSA) is 42.4 Å². The number of carbonyl (C=O) groups is 1. The molecule has 3 rings (SSSR count). The molecule has 0 atom stereocenters. The number of methoxy groups -OCH3 is 1. The lowest BCUT2D eigenvalue weighted by Crippen LogP contribution is -2.27. The number of rotatable bonds is 3. The molecule has 0 spiro atoms. The quantitative estimate of drug-likeness (QED) is 0.637. The van der Waals surface area contributed by atoms with Gasteiger partial charge >= 0.3 is 0 Å². The first-order chi connectivity index (χ1) is 10.7. The monoisotopic (exact) mass is 328 g/mol. The van der Waals surface area contributed by atoms with Crippen molar-refractivity contribution in [1.29, 1.82) is 0 Å². The van der Waals surface area contributed by atoms with Crippen molar-refractivity contribution >= 4 is 46.0 Å². The van der Waals surface area contributed by atoms with Gasteiger partial charge in [0.15, 0.2) is 4.32 Å². The molecule has 2 aromatic rings. The normalized spacial score (nSPS) is 16.4. The van der Waals surface area contributed by atoms with Gasteiger partial charge in [-0.25, -0.2) is 0 Å². The summed E-state index contributed by atoms with van der Waals surface area (Å²) < 4.78 is 5.70. The van der Waals surface area contributed by atoms with Gasteiger partial charge in [0.1, 0.15) is 5.75 Å². The predicted molar refractivity (Wildman–Crippen MR) is 92.9 cm³/mol. The first kappa shape index (κ1) is 14.7. The number of benzene rings is 1. The Morgan fingerprint density at radius 1 is 1.32 bits per heavy atom.